The molecule has 0 bridgehead atoms. The molecule has 0 amide bonds. The van der Waals surface area contributed by atoms with Crippen LogP contribution in [0.15, 0.2) is 0 Å². The van der Waals surface area contributed by atoms with Crippen LogP contribution in [0.25, 0.3) is 0 Å². The van der Waals surface area contributed by atoms with Crippen LogP contribution >= 0.6 is 7.82 Å². The summed E-state index contributed by atoms with van der Waals surface area (Å²) in [6.45, 7) is 7.42. The molecule has 0 aromatic carbocycles. The number of hydrogen-bond acceptors (Lipinski definition) is 10. The minimum Gasteiger partial charge on any atom is -1.00 e. The van der Waals surface area contributed by atoms with Gasteiger partial charge in [0, 0.05) is 12.8 Å². The molecule has 1 rings (SSSR count). The van der Waals surface area contributed by atoms with Crippen LogP contribution in [0.5, 0.6) is 0 Å². The molecule has 1 saturated heterocycles. The highest BCUT2D eigenvalue weighted by Crippen LogP contribution is 2.49. The van der Waals surface area contributed by atoms with Gasteiger partial charge in [-0.25, -0.2) is 4.57 Å². The molecule has 1 fully saturated rings. The van der Waals surface area contributed by atoms with Gasteiger partial charge in [0.2, 0.25) is 0 Å². The molecule has 0 saturated carbocycles. The number of carbonyl (C=O) groups is 2. The fourth-order valence-electron chi connectivity index (χ4n) is 7.06. The molecule has 0 aromatic rings. The number of rotatable bonds is 41. The molecule has 0 aromatic heterocycles. The van der Waals surface area contributed by atoms with E-state index in [1.807, 2.05) is 6.07 Å². The largest absolute Gasteiger partial charge is 1.00 e. The minimum atomic E-state index is -4.11. The van der Waals surface area contributed by atoms with Crippen molar-refractivity contribution in [1.82, 2.24) is 0 Å². The topological polar surface area (TPSA) is 130 Å². The molecule has 2 unspecified atom stereocenters. The first-order valence-corrected chi connectivity index (χ1v) is 24.9. The summed E-state index contributed by atoms with van der Waals surface area (Å²) in [5, 5.41) is 9.03. The van der Waals surface area contributed by atoms with E-state index in [-0.39, 0.29) is 57.6 Å². The third kappa shape index (κ3) is 34.5. The van der Waals surface area contributed by atoms with E-state index in [2.05, 4.69) is 20.9 Å². The Bertz CT molecular complexity index is 1060. The number of phosphoric acid groups is 1. The highest BCUT2D eigenvalue weighted by Gasteiger charge is 2.32. The van der Waals surface area contributed by atoms with Crippen LogP contribution in [0.4, 0.5) is 0 Å². The minimum absolute atomic E-state index is 0. The van der Waals surface area contributed by atoms with Crippen LogP contribution in [0.2, 0.25) is 0 Å². The quantitative estimate of drug-likeness (QED) is 0.0254. The number of esters is 2. The maximum absolute atomic E-state index is 13.7. The van der Waals surface area contributed by atoms with Gasteiger partial charge in [0.15, 0.2) is 6.10 Å². The Balaban J connectivity index is 0.0000325. The highest BCUT2D eigenvalue weighted by atomic mass is 35.5. The number of likely N-dealkylation sites (N-methyl/N-ethyl adjacent to an activating group) is 1. The van der Waals surface area contributed by atoms with E-state index in [4.69, 9.17) is 33.0 Å². The summed E-state index contributed by atoms with van der Waals surface area (Å²) in [5.74, 6) is -0.770. The Hall–Kier alpha value is -1.25. The average molecular weight is 866 g/mol. The van der Waals surface area contributed by atoms with E-state index in [1.54, 1.807) is 0 Å². The second kappa shape index (κ2) is 39.9. The van der Waals surface area contributed by atoms with Gasteiger partial charge >= 0.3 is 19.8 Å². The third-order valence-corrected chi connectivity index (χ3v) is 12.5. The van der Waals surface area contributed by atoms with Crippen LogP contribution < -0.4 is 12.4 Å². The molecule has 13 heteroatoms. The SMILES string of the molecule is CCCCCCCCCCCCCCCC(=O)OCC(COP(=O)(OCCC#N)OCC[N+]1(C)CCOCC1)OC(=O)CCCCCCCCCCCCCCC.[Cl-]. The van der Waals surface area contributed by atoms with Gasteiger partial charge in [-0.15, -0.1) is 0 Å². The van der Waals surface area contributed by atoms with Gasteiger partial charge in [-0.1, -0.05) is 168 Å². The molecule has 2 atom stereocenters. The number of carbonyl (C=O) groups excluding carboxylic acids is 2. The Kier molecular flexibility index (Phi) is 39.0. The lowest BCUT2D eigenvalue weighted by atomic mass is 10.0. The predicted octanol–water partition coefficient (Wildman–Crippen LogP) is 8.96. The molecule has 11 nitrogen and oxygen atoms in total. The normalized spacial score (nSPS) is 15.2. The van der Waals surface area contributed by atoms with E-state index in [1.165, 1.54) is 128 Å². The molecule has 1 aliphatic heterocycles. The van der Waals surface area contributed by atoms with Gasteiger partial charge in [0.05, 0.1) is 46.0 Å². The van der Waals surface area contributed by atoms with Crippen LogP contribution in [0.3, 0.4) is 0 Å². The zero-order valence-corrected chi connectivity index (χ0v) is 39.0. The predicted molar refractivity (Wildman–Crippen MR) is 229 cm³/mol. The molecule has 1 aliphatic rings. The van der Waals surface area contributed by atoms with E-state index in [9.17, 15) is 14.2 Å². The highest BCUT2D eigenvalue weighted by molar-refractivity contribution is 7.48. The van der Waals surface area contributed by atoms with Crippen molar-refractivity contribution in [3.8, 4) is 6.07 Å². The van der Waals surface area contributed by atoms with Crippen molar-refractivity contribution in [3.05, 3.63) is 0 Å². The van der Waals surface area contributed by atoms with Crippen molar-refractivity contribution in [1.29, 1.82) is 5.26 Å². The van der Waals surface area contributed by atoms with E-state index in [0.717, 1.165) is 45.2 Å². The fourth-order valence-corrected chi connectivity index (χ4v) is 8.26. The average Bonchev–Trinajstić information content (AvgIpc) is 3.19. The smallest absolute Gasteiger partial charge is 0.475 e. The summed E-state index contributed by atoms with van der Waals surface area (Å²) >= 11 is 0. The monoisotopic (exact) mass is 865 g/mol. The van der Waals surface area contributed by atoms with Crippen LogP contribution in [0, 0.1) is 11.3 Å². The number of nitrogens with zero attached hydrogens (tertiary/aromatic N) is 2. The molecule has 58 heavy (non-hydrogen) atoms. The van der Waals surface area contributed by atoms with Gasteiger partial charge in [-0.05, 0) is 12.8 Å². The molecule has 1 heterocycles. The second-order valence-electron chi connectivity index (χ2n) is 16.5. The van der Waals surface area contributed by atoms with E-state index >= 15 is 0 Å². The Morgan fingerprint density at radius 3 is 1.48 bits per heavy atom. The number of phosphoric ester groups is 1. The van der Waals surface area contributed by atoms with Crippen molar-refractivity contribution < 1.29 is 58.8 Å². The lowest BCUT2D eigenvalue weighted by Gasteiger charge is -2.37. The number of quaternary nitrogens is 1. The number of halogens is 1. The summed E-state index contributed by atoms with van der Waals surface area (Å²) in [6, 6.07) is 1.97. The van der Waals surface area contributed by atoms with Gasteiger partial charge in [0.25, 0.3) is 0 Å². The van der Waals surface area contributed by atoms with Crippen molar-refractivity contribution in [3.63, 3.8) is 0 Å². The Labute approximate surface area is 361 Å². The van der Waals surface area contributed by atoms with Gasteiger partial charge in [-0.3, -0.25) is 23.2 Å². The van der Waals surface area contributed by atoms with Crippen molar-refractivity contribution >= 4 is 19.8 Å². The first-order chi connectivity index (χ1) is 27.8. The molecule has 0 spiro atoms. The van der Waals surface area contributed by atoms with Crippen molar-refractivity contribution in [2.75, 3.05) is 66.3 Å². The first kappa shape index (κ1) is 56.8. The van der Waals surface area contributed by atoms with Gasteiger partial charge in [0.1, 0.15) is 32.8 Å². The summed E-state index contributed by atoms with van der Waals surface area (Å²) in [4.78, 5) is 25.6. The van der Waals surface area contributed by atoms with Crippen LogP contribution in [-0.2, 0) is 41.9 Å². The number of morpholine rings is 1. The number of hydrogen-bond donors (Lipinski definition) is 0. The lowest BCUT2D eigenvalue weighted by molar-refractivity contribution is -0.916. The standard InChI is InChI=1S/C45H86N2O9P.ClH/c1-4-6-8-10-12-14-16-18-20-22-24-26-28-31-44(48)52-41-43(56-45(49)32-29-27-25-23-21-19-17-15-13-11-9-7-5-2)42-55-57(50,53-37-30-33-46)54-40-36-47(3)34-38-51-39-35-47;/h43H,4-32,34-42H2,1-3H3;1H/q+1;/p-1. The zero-order chi connectivity index (χ0) is 41.6. The van der Waals surface area contributed by atoms with Crippen LogP contribution in [-0.4, -0.2) is 88.8 Å². The molecular weight excluding hydrogens is 779 g/mol. The molecule has 0 aliphatic carbocycles. The molecule has 0 N–H and O–H groups in total. The Morgan fingerprint density at radius 2 is 1.03 bits per heavy atom. The molecule has 0 radical (unpaired) electrons. The Morgan fingerprint density at radius 1 is 0.621 bits per heavy atom. The summed E-state index contributed by atoms with van der Waals surface area (Å²) in [5.41, 5.74) is 0. The summed E-state index contributed by atoms with van der Waals surface area (Å²) < 4.78 is 48.0. The third-order valence-electron chi connectivity index (χ3n) is 11.0. The van der Waals surface area contributed by atoms with E-state index < -0.39 is 19.9 Å². The van der Waals surface area contributed by atoms with Crippen LogP contribution in [0.1, 0.15) is 200 Å². The van der Waals surface area contributed by atoms with Gasteiger partial charge < -0.3 is 31.1 Å². The maximum Gasteiger partial charge on any atom is 0.475 e. The summed E-state index contributed by atoms with van der Waals surface area (Å²) in [7, 11) is -2.02. The first-order valence-electron chi connectivity index (χ1n) is 23.4. The van der Waals surface area contributed by atoms with Crippen molar-refractivity contribution in [2.24, 2.45) is 0 Å². The summed E-state index contributed by atoms with van der Waals surface area (Å²) in [6.07, 6.45) is 31.2. The lowest BCUT2D eigenvalue weighted by Crippen LogP contribution is -3.00. The number of ether oxygens (including phenoxy) is 3. The van der Waals surface area contributed by atoms with Crippen molar-refractivity contribution in [2.45, 2.75) is 206 Å². The molecular formula is C45H86ClN2O9P. The van der Waals surface area contributed by atoms with Gasteiger partial charge in [-0.2, -0.15) is 5.26 Å². The maximum atomic E-state index is 13.7. The fraction of sp³-hybridized carbons (Fsp3) is 0.933. The molecule has 342 valence electrons. The number of nitriles is 1. The second-order valence-corrected chi connectivity index (χ2v) is 18.2. The number of unbranched alkanes of at least 4 members (excludes halogenated alkanes) is 24. The zero-order valence-electron chi connectivity index (χ0n) is 37.3. The van der Waals surface area contributed by atoms with E-state index in [0.29, 0.717) is 37.1 Å².